The zero-order valence-electron chi connectivity index (χ0n) is 15.4. The molecule has 2 aromatic rings. The van der Waals surface area contributed by atoms with Crippen molar-refractivity contribution in [3.63, 3.8) is 0 Å². The lowest BCUT2D eigenvalue weighted by Crippen LogP contribution is -2.31. The fraction of sp³-hybridized carbons (Fsp3) is 0.190. The van der Waals surface area contributed by atoms with Crippen molar-refractivity contribution in [1.29, 1.82) is 5.26 Å². The quantitative estimate of drug-likeness (QED) is 0.436. The van der Waals surface area contributed by atoms with Crippen molar-refractivity contribution in [3.05, 3.63) is 70.3 Å². The Labute approximate surface area is 168 Å². The molecular formula is C21H19ClN2O4. The number of esters is 1. The van der Waals surface area contributed by atoms with Crippen LogP contribution in [0.5, 0.6) is 5.75 Å². The average molecular weight is 399 g/mol. The number of ether oxygens (including phenoxy) is 2. The van der Waals surface area contributed by atoms with Gasteiger partial charge in [0.1, 0.15) is 17.4 Å². The second-order valence-electron chi connectivity index (χ2n) is 5.86. The Balaban J connectivity index is 1.92. The third kappa shape index (κ3) is 6.15. The van der Waals surface area contributed by atoms with Crippen LogP contribution in [-0.2, 0) is 14.3 Å². The third-order valence-electron chi connectivity index (χ3n) is 3.83. The van der Waals surface area contributed by atoms with Gasteiger partial charge in [-0.2, -0.15) is 5.26 Å². The third-order valence-corrected chi connectivity index (χ3v) is 4.06. The summed E-state index contributed by atoms with van der Waals surface area (Å²) in [5.41, 5.74) is 1.25. The van der Waals surface area contributed by atoms with Gasteiger partial charge in [-0.3, -0.25) is 4.79 Å². The molecule has 6 nitrogen and oxygen atoms in total. The van der Waals surface area contributed by atoms with Crippen molar-refractivity contribution in [1.82, 2.24) is 5.32 Å². The Morgan fingerprint density at radius 2 is 1.96 bits per heavy atom. The topological polar surface area (TPSA) is 88.4 Å². The first-order valence-corrected chi connectivity index (χ1v) is 8.78. The Morgan fingerprint density at radius 3 is 2.57 bits per heavy atom. The smallest absolute Gasteiger partial charge is 0.349 e. The van der Waals surface area contributed by atoms with Crippen molar-refractivity contribution in [2.45, 2.75) is 13.0 Å². The number of nitrogens with zero attached hydrogens (tertiary/aromatic N) is 1. The van der Waals surface area contributed by atoms with Gasteiger partial charge in [-0.1, -0.05) is 35.9 Å². The van der Waals surface area contributed by atoms with Crippen LogP contribution in [0.1, 0.15) is 24.1 Å². The lowest BCUT2D eigenvalue weighted by atomic mass is 10.1. The van der Waals surface area contributed by atoms with Crippen molar-refractivity contribution in [3.8, 4) is 11.8 Å². The largest absolute Gasteiger partial charge is 0.497 e. The molecule has 0 unspecified atom stereocenters. The summed E-state index contributed by atoms with van der Waals surface area (Å²) >= 11 is 5.94. The van der Waals surface area contributed by atoms with E-state index >= 15 is 0 Å². The molecule has 0 aliphatic carbocycles. The van der Waals surface area contributed by atoms with E-state index < -0.39 is 18.5 Å². The highest BCUT2D eigenvalue weighted by Gasteiger charge is 2.15. The SMILES string of the molecule is COc1ccc(/C=C(\C#N)C(=O)OCC(=O)N[C@H](C)c2cccc(Cl)c2)cc1. The second-order valence-corrected chi connectivity index (χ2v) is 6.30. The number of halogens is 1. The molecule has 0 aliphatic rings. The zero-order valence-corrected chi connectivity index (χ0v) is 16.2. The van der Waals surface area contributed by atoms with Crippen LogP contribution in [0.3, 0.4) is 0 Å². The number of nitrogens with one attached hydrogen (secondary N) is 1. The molecule has 0 bridgehead atoms. The summed E-state index contributed by atoms with van der Waals surface area (Å²) in [7, 11) is 1.54. The van der Waals surface area contributed by atoms with Gasteiger partial charge in [-0.05, 0) is 48.4 Å². The molecular weight excluding hydrogens is 380 g/mol. The minimum Gasteiger partial charge on any atom is -0.497 e. The van der Waals surface area contributed by atoms with Crippen molar-refractivity contribution in [2.75, 3.05) is 13.7 Å². The molecule has 1 N–H and O–H groups in total. The van der Waals surface area contributed by atoms with Crippen LogP contribution in [0.4, 0.5) is 0 Å². The molecule has 0 aromatic heterocycles. The number of carbonyl (C=O) groups excluding carboxylic acids is 2. The van der Waals surface area contributed by atoms with Gasteiger partial charge in [0, 0.05) is 5.02 Å². The van der Waals surface area contributed by atoms with Gasteiger partial charge < -0.3 is 14.8 Å². The Kier molecular flexibility index (Phi) is 7.61. The van der Waals surface area contributed by atoms with Gasteiger partial charge in [0.05, 0.1) is 13.2 Å². The highest BCUT2D eigenvalue weighted by Crippen LogP contribution is 2.17. The Hall–Kier alpha value is -3.30. The fourth-order valence-electron chi connectivity index (χ4n) is 2.35. The van der Waals surface area contributed by atoms with E-state index in [9.17, 15) is 14.9 Å². The highest BCUT2D eigenvalue weighted by molar-refractivity contribution is 6.30. The summed E-state index contributed by atoms with van der Waals surface area (Å²) in [5, 5.41) is 12.5. The summed E-state index contributed by atoms with van der Waals surface area (Å²) in [6, 6.07) is 15.4. The van der Waals surface area contributed by atoms with E-state index in [4.69, 9.17) is 21.1 Å². The van der Waals surface area contributed by atoms with Crippen molar-refractivity contribution in [2.24, 2.45) is 0 Å². The predicted molar refractivity (Wildman–Crippen MR) is 106 cm³/mol. The van der Waals surface area contributed by atoms with Crippen molar-refractivity contribution < 1.29 is 19.1 Å². The summed E-state index contributed by atoms with van der Waals surface area (Å²) in [4.78, 5) is 24.1. The molecule has 7 heteroatoms. The molecule has 1 atom stereocenters. The van der Waals surface area contributed by atoms with E-state index in [1.54, 1.807) is 62.6 Å². The summed E-state index contributed by atoms with van der Waals surface area (Å²) < 4.78 is 10.00. The molecule has 1 amide bonds. The van der Waals surface area contributed by atoms with E-state index in [1.165, 1.54) is 6.08 Å². The number of benzene rings is 2. The van der Waals surface area contributed by atoms with E-state index in [0.29, 0.717) is 16.3 Å². The number of rotatable bonds is 7. The Morgan fingerprint density at radius 1 is 1.25 bits per heavy atom. The monoisotopic (exact) mass is 398 g/mol. The molecule has 144 valence electrons. The normalized spacial score (nSPS) is 11.9. The maximum absolute atomic E-state index is 12.1. The number of hydrogen-bond acceptors (Lipinski definition) is 5. The van der Waals surface area contributed by atoms with Gasteiger partial charge >= 0.3 is 5.97 Å². The summed E-state index contributed by atoms with van der Waals surface area (Å²) in [5.74, 6) is -0.699. The summed E-state index contributed by atoms with van der Waals surface area (Å²) in [6.07, 6.45) is 1.38. The molecule has 0 saturated carbocycles. The lowest BCUT2D eigenvalue weighted by Gasteiger charge is -2.14. The first kappa shape index (κ1) is 21.0. The molecule has 28 heavy (non-hydrogen) atoms. The first-order chi connectivity index (χ1) is 13.4. The van der Waals surface area contributed by atoms with E-state index in [2.05, 4.69) is 5.32 Å². The minimum absolute atomic E-state index is 0.208. The second kappa shape index (κ2) is 10.1. The fourth-order valence-corrected chi connectivity index (χ4v) is 2.55. The van der Waals surface area contributed by atoms with Crippen molar-refractivity contribution >= 4 is 29.6 Å². The van der Waals surface area contributed by atoms with Crippen LogP contribution >= 0.6 is 11.6 Å². The summed E-state index contributed by atoms with van der Waals surface area (Å²) in [6.45, 7) is 1.29. The van der Waals surface area contributed by atoms with Crippen LogP contribution < -0.4 is 10.1 Å². The van der Waals surface area contributed by atoms with Crippen LogP contribution in [0.15, 0.2) is 54.1 Å². The van der Waals surface area contributed by atoms with Crippen LogP contribution in [0.2, 0.25) is 5.02 Å². The molecule has 0 fully saturated rings. The molecule has 0 spiro atoms. The molecule has 0 radical (unpaired) electrons. The molecule has 0 saturated heterocycles. The van der Waals surface area contributed by atoms with E-state index in [1.807, 2.05) is 6.07 Å². The minimum atomic E-state index is -0.871. The Bertz CT molecular complexity index is 917. The van der Waals surface area contributed by atoms with Gasteiger partial charge in [0.25, 0.3) is 5.91 Å². The zero-order chi connectivity index (χ0) is 20.5. The van der Waals surface area contributed by atoms with Gasteiger partial charge in [-0.25, -0.2) is 4.79 Å². The number of nitriles is 1. The average Bonchev–Trinajstić information content (AvgIpc) is 2.70. The van der Waals surface area contributed by atoms with E-state index in [-0.39, 0.29) is 11.6 Å². The highest BCUT2D eigenvalue weighted by atomic mass is 35.5. The number of methoxy groups -OCH3 is 1. The molecule has 0 aliphatic heterocycles. The maximum Gasteiger partial charge on any atom is 0.349 e. The maximum atomic E-state index is 12.1. The number of amides is 1. The van der Waals surface area contributed by atoms with Gasteiger partial charge in [-0.15, -0.1) is 0 Å². The van der Waals surface area contributed by atoms with Crippen LogP contribution in [-0.4, -0.2) is 25.6 Å². The standard InChI is InChI=1S/C21H19ClN2O4/c1-14(16-4-3-5-18(22)11-16)24-20(25)13-28-21(26)17(12-23)10-15-6-8-19(27-2)9-7-15/h3-11,14H,13H2,1-2H3,(H,24,25)/b17-10+/t14-/m1/s1. The van der Waals surface area contributed by atoms with E-state index in [0.717, 1.165) is 5.56 Å². The predicted octanol–water partition coefficient (Wildman–Crippen LogP) is 3.68. The van der Waals surface area contributed by atoms with Crippen LogP contribution in [0, 0.1) is 11.3 Å². The lowest BCUT2D eigenvalue weighted by molar-refractivity contribution is -0.144. The van der Waals surface area contributed by atoms with Gasteiger partial charge in [0.2, 0.25) is 0 Å². The van der Waals surface area contributed by atoms with Crippen LogP contribution in [0.25, 0.3) is 6.08 Å². The molecule has 2 aromatic carbocycles. The van der Waals surface area contributed by atoms with Gasteiger partial charge in [0.15, 0.2) is 6.61 Å². The number of carbonyl (C=O) groups is 2. The molecule has 2 rings (SSSR count). The number of hydrogen-bond donors (Lipinski definition) is 1. The first-order valence-electron chi connectivity index (χ1n) is 8.40. The molecule has 0 heterocycles.